The Morgan fingerprint density at radius 3 is 2.02 bits per heavy atom. The van der Waals surface area contributed by atoms with Crippen molar-refractivity contribution in [3.63, 3.8) is 0 Å². The molecule has 0 amide bonds. The van der Waals surface area contributed by atoms with E-state index in [0.717, 1.165) is 44.9 Å². The van der Waals surface area contributed by atoms with Crippen molar-refractivity contribution in [3.05, 3.63) is 11.6 Å². The zero-order valence-electron chi connectivity index (χ0n) is 33.7. The lowest BCUT2D eigenvalue weighted by Gasteiger charge is -2.71. The summed E-state index contributed by atoms with van der Waals surface area (Å²) in [5.74, 6) is 0.797. The third-order valence-electron chi connectivity index (χ3n) is 17.6. The molecule has 314 valence electrons. The Morgan fingerprint density at radius 1 is 0.745 bits per heavy atom. The number of ether oxygens (including phenoxy) is 4. The highest BCUT2D eigenvalue weighted by Gasteiger charge is 2.70. The van der Waals surface area contributed by atoms with E-state index in [9.17, 15) is 45.6 Å². The van der Waals surface area contributed by atoms with E-state index in [2.05, 4.69) is 54.5 Å². The maximum Gasteiger partial charge on any atom is 0.310 e. The highest BCUT2D eigenvalue weighted by Crippen LogP contribution is 2.76. The van der Waals surface area contributed by atoms with Gasteiger partial charge in [0.1, 0.15) is 48.8 Å². The van der Waals surface area contributed by atoms with Gasteiger partial charge in [0.2, 0.25) is 0 Å². The molecule has 13 nitrogen and oxygen atoms in total. The Labute approximate surface area is 325 Å². The van der Waals surface area contributed by atoms with E-state index in [0.29, 0.717) is 30.6 Å². The van der Waals surface area contributed by atoms with Gasteiger partial charge in [-0.05, 0) is 109 Å². The maximum absolute atomic E-state index is 13.1. The van der Waals surface area contributed by atoms with E-state index < -0.39 is 91.4 Å². The van der Waals surface area contributed by atoms with Gasteiger partial charge in [-0.1, -0.05) is 60.1 Å². The molecule has 4 saturated carbocycles. The molecule has 0 unspecified atom stereocenters. The quantitative estimate of drug-likeness (QED) is 0.138. The minimum absolute atomic E-state index is 0.0252. The number of rotatable bonds is 7. The fourth-order valence-electron chi connectivity index (χ4n) is 13.9. The van der Waals surface area contributed by atoms with Gasteiger partial charge in [0, 0.05) is 0 Å². The molecule has 0 spiro atoms. The molecule has 2 heterocycles. The van der Waals surface area contributed by atoms with E-state index in [1.165, 1.54) is 5.57 Å². The molecule has 7 aliphatic rings. The third-order valence-corrected chi connectivity index (χ3v) is 17.6. The summed E-state index contributed by atoms with van der Waals surface area (Å²) in [6, 6.07) is 0. The zero-order valence-corrected chi connectivity index (χ0v) is 33.7. The number of aliphatic hydroxyl groups is 7. The highest BCUT2D eigenvalue weighted by molar-refractivity contribution is 5.76. The van der Waals surface area contributed by atoms with Crippen LogP contribution in [0, 0.1) is 56.7 Å². The van der Waals surface area contributed by atoms with Crippen molar-refractivity contribution < 1.29 is 64.6 Å². The number of carboxylic acid groups (broad SMARTS) is 1. The highest BCUT2D eigenvalue weighted by atomic mass is 16.8. The minimum Gasteiger partial charge on any atom is -0.481 e. The topological polar surface area (TPSA) is 216 Å². The van der Waals surface area contributed by atoms with Crippen molar-refractivity contribution >= 4 is 5.97 Å². The lowest BCUT2D eigenvalue weighted by molar-refractivity contribution is -0.378. The van der Waals surface area contributed by atoms with Crippen LogP contribution in [0.5, 0.6) is 0 Å². The molecule has 13 heteroatoms. The van der Waals surface area contributed by atoms with Crippen LogP contribution < -0.4 is 0 Å². The second-order valence-corrected chi connectivity index (χ2v) is 20.1. The summed E-state index contributed by atoms with van der Waals surface area (Å²) in [5.41, 5.74) is 0.113. The molecule has 8 N–H and O–H groups in total. The van der Waals surface area contributed by atoms with Crippen LogP contribution in [0.1, 0.15) is 106 Å². The van der Waals surface area contributed by atoms with Gasteiger partial charge in [-0.25, -0.2) is 0 Å². The molecule has 0 aromatic carbocycles. The lowest BCUT2D eigenvalue weighted by Crippen LogP contribution is -2.67. The first-order valence-electron chi connectivity index (χ1n) is 20.9. The SMILES string of the molecule is C[C@H]1[C@H](C)CC[C@]2(C(=O)O)CC[C@]3(C)C(=CC[C@@H]4[C@@]5(C)CC[C@H](O[C@@H]6O[C@H](CO)[C@@H](O)[C@H](O)[C@H]6O[C@@H]6O[C@H](CO)[C@@H](O)[C@H](O)[C@H]6O)C(C)(C)[C@@H]5CC[C@]43C)[C@H]12. The van der Waals surface area contributed by atoms with Gasteiger partial charge < -0.3 is 59.8 Å². The second-order valence-electron chi connectivity index (χ2n) is 20.1. The number of carboxylic acids is 1. The predicted octanol–water partition coefficient (Wildman–Crippen LogP) is 2.74. The van der Waals surface area contributed by atoms with Gasteiger partial charge in [-0.2, -0.15) is 0 Å². The Kier molecular flexibility index (Phi) is 11.0. The smallest absolute Gasteiger partial charge is 0.310 e. The van der Waals surface area contributed by atoms with Crippen molar-refractivity contribution in [2.24, 2.45) is 56.7 Å². The summed E-state index contributed by atoms with van der Waals surface area (Å²) in [6.45, 7) is 15.1. The van der Waals surface area contributed by atoms with E-state index >= 15 is 0 Å². The fourth-order valence-corrected chi connectivity index (χ4v) is 13.9. The second kappa shape index (κ2) is 14.5. The molecule has 20 atom stereocenters. The van der Waals surface area contributed by atoms with Crippen LogP contribution in [-0.4, -0.2) is 128 Å². The molecular formula is C42H68O13. The van der Waals surface area contributed by atoms with Crippen molar-refractivity contribution in [1.82, 2.24) is 0 Å². The Hall–Kier alpha value is -1.23. The van der Waals surface area contributed by atoms with Crippen LogP contribution in [-0.2, 0) is 23.7 Å². The molecule has 0 aromatic heterocycles. The van der Waals surface area contributed by atoms with E-state index in [-0.39, 0.29) is 34.2 Å². The summed E-state index contributed by atoms with van der Waals surface area (Å²) >= 11 is 0. The van der Waals surface area contributed by atoms with Crippen LogP contribution >= 0.6 is 0 Å². The molecule has 0 bridgehead atoms. The first-order chi connectivity index (χ1) is 25.7. The third kappa shape index (κ3) is 6.06. The predicted molar refractivity (Wildman–Crippen MR) is 198 cm³/mol. The van der Waals surface area contributed by atoms with Gasteiger partial charge in [0.15, 0.2) is 12.6 Å². The summed E-state index contributed by atoms with van der Waals surface area (Å²) in [7, 11) is 0. The number of fused-ring (bicyclic) bond motifs is 7. The van der Waals surface area contributed by atoms with Gasteiger partial charge in [-0.3, -0.25) is 4.79 Å². The molecule has 0 aromatic rings. The summed E-state index contributed by atoms with van der Waals surface area (Å²) in [5, 5.41) is 84.1. The van der Waals surface area contributed by atoms with Gasteiger partial charge in [0.05, 0.1) is 24.7 Å². The molecular weight excluding hydrogens is 712 g/mol. The first-order valence-corrected chi connectivity index (χ1v) is 20.9. The number of hydrogen-bond donors (Lipinski definition) is 8. The normalized spacial score (nSPS) is 54.9. The van der Waals surface area contributed by atoms with Gasteiger partial charge >= 0.3 is 5.97 Å². The summed E-state index contributed by atoms with van der Waals surface area (Å²) < 4.78 is 24.4. The number of hydrogen-bond acceptors (Lipinski definition) is 12. The minimum atomic E-state index is -1.75. The largest absolute Gasteiger partial charge is 0.481 e. The Bertz CT molecular complexity index is 1470. The van der Waals surface area contributed by atoms with Gasteiger partial charge in [-0.15, -0.1) is 0 Å². The van der Waals surface area contributed by atoms with E-state index in [1.54, 1.807) is 0 Å². The first kappa shape index (κ1) is 41.9. The van der Waals surface area contributed by atoms with Crippen molar-refractivity contribution in [2.45, 2.75) is 174 Å². The molecule has 7 rings (SSSR count). The zero-order chi connectivity index (χ0) is 40.2. The molecule has 55 heavy (non-hydrogen) atoms. The molecule has 5 aliphatic carbocycles. The lowest BCUT2D eigenvalue weighted by atomic mass is 9.33. The van der Waals surface area contributed by atoms with Crippen LogP contribution in [0.4, 0.5) is 0 Å². The Balaban J connectivity index is 1.15. The summed E-state index contributed by atoms with van der Waals surface area (Å²) in [4.78, 5) is 13.1. The molecule has 2 saturated heterocycles. The Morgan fingerprint density at radius 2 is 1.38 bits per heavy atom. The average Bonchev–Trinajstić information content (AvgIpc) is 3.13. The van der Waals surface area contributed by atoms with Crippen molar-refractivity contribution in [1.29, 1.82) is 0 Å². The summed E-state index contributed by atoms with van der Waals surface area (Å²) in [6.07, 6.45) is -5.26. The number of aliphatic carboxylic acids is 1. The standard InChI is InChI=1S/C42H68O13/c1-20-10-15-42(37(50)51)17-16-40(6)22(28(42)21(20)2)8-9-26-39(5)13-12-27(38(3,4)25(39)11-14-41(26,40)7)54-36-34(32(48)30(46)24(19-44)53-36)55-35-33(49)31(47)29(45)23(18-43)52-35/h8,20-21,23-36,43-49H,9-19H2,1-7H3,(H,50,51)/t20-,21+,23-,24-,25+,26-,27+,28+,29-,30-,31+,32+,33-,34-,35+,36+,39+,40-,41-,42+/m1/s1. The number of carbonyl (C=O) groups is 1. The van der Waals surface area contributed by atoms with Crippen LogP contribution in [0.15, 0.2) is 11.6 Å². The van der Waals surface area contributed by atoms with Gasteiger partial charge in [0.25, 0.3) is 0 Å². The van der Waals surface area contributed by atoms with Crippen LogP contribution in [0.25, 0.3) is 0 Å². The van der Waals surface area contributed by atoms with Crippen LogP contribution in [0.3, 0.4) is 0 Å². The van der Waals surface area contributed by atoms with Crippen molar-refractivity contribution in [3.8, 4) is 0 Å². The van der Waals surface area contributed by atoms with E-state index in [1.807, 2.05) is 0 Å². The molecule has 6 fully saturated rings. The van der Waals surface area contributed by atoms with Crippen molar-refractivity contribution in [2.75, 3.05) is 13.2 Å². The molecule has 0 radical (unpaired) electrons. The number of allylic oxidation sites excluding steroid dienone is 2. The van der Waals surface area contributed by atoms with E-state index in [4.69, 9.17) is 18.9 Å². The average molecular weight is 781 g/mol. The molecule has 2 aliphatic heterocycles. The fraction of sp³-hybridized carbons (Fsp3) is 0.929. The monoisotopic (exact) mass is 780 g/mol. The maximum atomic E-state index is 13.1. The number of aliphatic hydroxyl groups excluding tert-OH is 7. The van der Waals surface area contributed by atoms with Crippen LogP contribution in [0.2, 0.25) is 0 Å².